The maximum absolute atomic E-state index is 9.67. The Hall–Kier alpha value is -0.0800. The van der Waals surface area contributed by atoms with E-state index < -0.39 is 0 Å². The molecular formula is C9H18O2. The molecule has 0 aromatic heterocycles. The van der Waals surface area contributed by atoms with Crippen LogP contribution in [0.2, 0.25) is 0 Å². The summed E-state index contributed by atoms with van der Waals surface area (Å²) >= 11 is 0. The molecule has 0 saturated carbocycles. The molecule has 0 bridgehead atoms. The van der Waals surface area contributed by atoms with Gasteiger partial charge in [0.1, 0.15) is 0 Å². The second-order valence-electron chi connectivity index (χ2n) is 3.84. The van der Waals surface area contributed by atoms with Crippen LogP contribution in [0.25, 0.3) is 0 Å². The van der Waals surface area contributed by atoms with E-state index in [2.05, 4.69) is 6.92 Å². The molecule has 1 fully saturated rings. The molecule has 0 spiro atoms. The Morgan fingerprint density at radius 1 is 1.45 bits per heavy atom. The summed E-state index contributed by atoms with van der Waals surface area (Å²) in [6.45, 7) is 7.01. The first-order chi connectivity index (χ1) is 5.13. The number of aliphatic hydroxyl groups excluding tert-OH is 1. The average Bonchev–Trinajstić information content (AvgIpc) is 2.33. The van der Waals surface area contributed by atoms with Gasteiger partial charge in [0.25, 0.3) is 0 Å². The molecule has 3 atom stereocenters. The first-order valence-electron chi connectivity index (χ1n) is 4.42. The maximum Gasteiger partial charge on any atom is 0.0862 e. The van der Waals surface area contributed by atoms with Gasteiger partial charge in [0.05, 0.1) is 12.2 Å². The fourth-order valence-electron chi connectivity index (χ4n) is 1.53. The second-order valence-corrected chi connectivity index (χ2v) is 3.84. The molecule has 0 aromatic rings. The first-order valence-corrected chi connectivity index (χ1v) is 4.42. The SMILES string of the molecule is CC(C)C(O)C1OCCC1C. The van der Waals surface area contributed by atoms with Gasteiger partial charge in [-0.25, -0.2) is 0 Å². The highest BCUT2D eigenvalue weighted by Gasteiger charge is 2.32. The maximum atomic E-state index is 9.67. The zero-order valence-corrected chi connectivity index (χ0v) is 7.58. The third-order valence-corrected chi connectivity index (χ3v) is 2.46. The summed E-state index contributed by atoms with van der Waals surface area (Å²) in [5.74, 6) is 0.827. The van der Waals surface area contributed by atoms with Crippen LogP contribution < -0.4 is 0 Å². The van der Waals surface area contributed by atoms with E-state index in [9.17, 15) is 5.11 Å². The predicted octanol–water partition coefficient (Wildman–Crippen LogP) is 1.43. The molecule has 66 valence electrons. The van der Waals surface area contributed by atoms with Crippen molar-refractivity contribution in [1.29, 1.82) is 0 Å². The molecule has 1 rings (SSSR count). The van der Waals surface area contributed by atoms with E-state index in [1.165, 1.54) is 0 Å². The van der Waals surface area contributed by atoms with Gasteiger partial charge in [-0.3, -0.25) is 0 Å². The van der Waals surface area contributed by atoms with Crippen LogP contribution >= 0.6 is 0 Å². The normalized spacial score (nSPS) is 34.6. The summed E-state index contributed by atoms with van der Waals surface area (Å²) in [6, 6.07) is 0. The third kappa shape index (κ3) is 1.94. The molecule has 0 aromatic carbocycles. The van der Waals surface area contributed by atoms with Crippen LogP contribution in [0, 0.1) is 11.8 Å². The van der Waals surface area contributed by atoms with Gasteiger partial charge in [0, 0.05) is 6.61 Å². The number of aliphatic hydroxyl groups is 1. The zero-order chi connectivity index (χ0) is 8.43. The molecule has 2 heteroatoms. The van der Waals surface area contributed by atoms with Crippen molar-refractivity contribution in [3.8, 4) is 0 Å². The molecule has 1 saturated heterocycles. The van der Waals surface area contributed by atoms with E-state index in [0.29, 0.717) is 11.8 Å². The van der Waals surface area contributed by atoms with E-state index in [1.807, 2.05) is 13.8 Å². The van der Waals surface area contributed by atoms with Gasteiger partial charge in [-0.15, -0.1) is 0 Å². The van der Waals surface area contributed by atoms with Gasteiger partial charge in [-0.2, -0.15) is 0 Å². The Morgan fingerprint density at radius 3 is 2.45 bits per heavy atom. The molecule has 1 heterocycles. The molecule has 0 aliphatic carbocycles. The Balaban J connectivity index is 2.45. The van der Waals surface area contributed by atoms with Gasteiger partial charge in [0.15, 0.2) is 0 Å². The summed E-state index contributed by atoms with van der Waals surface area (Å²) in [5.41, 5.74) is 0. The van der Waals surface area contributed by atoms with Gasteiger partial charge in [-0.1, -0.05) is 20.8 Å². The van der Waals surface area contributed by atoms with E-state index in [1.54, 1.807) is 0 Å². The molecule has 2 nitrogen and oxygen atoms in total. The fourth-order valence-corrected chi connectivity index (χ4v) is 1.53. The van der Waals surface area contributed by atoms with Crippen LogP contribution in [-0.2, 0) is 4.74 Å². The van der Waals surface area contributed by atoms with E-state index in [-0.39, 0.29) is 12.2 Å². The second kappa shape index (κ2) is 3.55. The van der Waals surface area contributed by atoms with Crippen LogP contribution in [-0.4, -0.2) is 23.9 Å². The smallest absolute Gasteiger partial charge is 0.0862 e. The van der Waals surface area contributed by atoms with Crippen LogP contribution in [0.15, 0.2) is 0 Å². The molecular weight excluding hydrogens is 140 g/mol. The molecule has 1 N–H and O–H groups in total. The monoisotopic (exact) mass is 158 g/mol. The van der Waals surface area contributed by atoms with Crippen LogP contribution in [0.4, 0.5) is 0 Å². The van der Waals surface area contributed by atoms with Gasteiger partial charge in [0.2, 0.25) is 0 Å². The van der Waals surface area contributed by atoms with Crippen molar-refractivity contribution in [3.63, 3.8) is 0 Å². The van der Waals surface area contributed by atoms with E-state index >= 15 is 0 Å². The highest BCUT2D eigenvalue weighted by molar-refractivity contribution is 4.80. The van der Waals surface area contributed by atoms with Crippen molar-refractivity contribution in [2.24, 2.45) is 11.8 Å². The third-order valence-electron chi connectivity index (χ3n) is 2.46. The predicted molar refractivity (Wildman–Crippen MR) is 44.4 cm³/mol. The number of ether oxygens (including phenoxy) is 1. The van der Waals surface area contributed by atoms with Crippen molar-refractivity contribution in [3.05, 3.63) is 0 Å². The first kappa shape index (κ1) is 9.01. The topological polar surface area (TPSA) is 29.5 Å². The molecule has 1 aliphatic rings. The van der Waals surface area contributed by atoms with Crippen molar-refractivity contribution in [2.45, 2.75) is 39.4 Å². The molecule has 11 heavy (non-hydrogen) atoms. The fraction of sp³-hybridized carbons (Fsp3) is 1.00. The van der Waals surface area contributed by atoms with Crippen LogP contribution in [0.3, 0.4) is 0 Å². The number of rotatable bonds is 2. The van der Waals surface area contributed by atoms with Crippen molar-refractivity contribution in [1.82, 2.24) is 0 Å². The largest absolute Gasteiger partial charge is 0.390 e. The van der Waals surface area contributed by atoms with E-state index in [0.717, 1.165) is 13.0 Å². The van der Waals surface area contributed by atoms with Crippen molar-refractivity contribution >= 4 is 0 Å². The van der Waals surface area contributed by atoms with Gasteiger partial charge in [-0.05, 0) is 18.3 Å². The highest BCUT2D eigenvalue weighted by Crippen LogP contribution is 2.25. The summed E-state index contributed by atoms with van der Waals surface area (Å²) < 4.78 is 5.44. The highest BCUT2D eigenvalue weighted by atomic mass is 16.5. The lowest BCUT2D eigenvalue weighted by Crippen LogP contribution is -2.34. The zero-order valence-electron chi connectivity index (χ0n) is 7.58. The van der Waals surface area contributed by atoms with Gasteiger partial charge < -0.3 is 9.84 Å². The number of hydrogen-bond acceptors (Lipinski definition) is 2. The summed E-state index contributed by atoms with van der Waals surface area (Å²) in [6.07, 6.45) is 0.886. The van der Waals surface area contributed by atoms with E-state index in [4.69, 9.17) is 4.74 Å². The lowest BCUT2D eigenvalue weighted by atomic mass is 9.93. The standard InChI is InChI=1S/C9H18O2/c1-6(2)8(10)9-7(3)4-5-11-9/h6-10H,4-5H2,1-3H3. The lowest BCUT2D eigenvalue weighted by Gasteiger charge is -2.24. The average molecular weight is 158 g/mol. The van der Waals surface area contributed by atoms with Crippen molar-refractivity contribution in [2.75, 3.05) is 6.61 Å². The quantitative estimate of drug-likeness (QED) is 0.658. The Morgan fingerprint density at radius 2 is 2.09 bits per heavy atom. The minimum absolute atomic E-state index is 0.0787. The Bertz CT molecular complexity index is 123. The molecule has 0 amide bonds. The molecule has 0 radical (unpaired) electrons. The summed E-state index contributed by atoms with van der Waals surface area (Å²) in [4.78, 5) is 0. The minimum Gasteiger partial charge on any atom is -0.390 e. The Labute approximate surface area is 68.6 Å². The molecule has 3 unspecified atom stereocenters. The van der Waals surface area contributed by atoms with Crippen LogP contribution in [0.1, 0.15) is 27.2 Å². The Kier molecular flexibility index (Phi) is 2.90. The number of hydrogen-bond donors (Lipinski definition) is 1. The minimum atomic E-state index is -0.285. The molecule has 1 aliphatic heterocycles. The van der Waals surface area contributed by atoms with Crippen molar-refractivity contribution < 1.29 is 9.84 Å². The summed E-state index contributed by atoms with van der Waals surface area (Å²) in [5, 5.41) is 9.67. The van der Waals surface area contributed by atoms with Crippen LogP contribution in [0.5, 0.6) is 0 Å². The summed E-state index contributed by atoms with van der Waals surface area (Å²) in [7, 11) is 0. The van der Waals surface area contributed by atoms with Gasteiger partial charge >= 0.3 is 0 Å². The lowest BCUT2D eigenvalue weighted by molar-refractivity contribution is -0.0381.